The van der Waals surface area contributed by atoms with Crippen molar-refractivity contribution < 1.29 is 57.1 Å². The minimum Gasteiger partial charge on any atom is -0.460 e. The van der Waals surface area contributed by atoms with Crippen molar-refractivity contribution in [2.45, 2.75) is 27.7 Å². The Hall–Kier alpha value is -3.32. The fourth-order valence-electron chi connectivity index (χ4n) is 2.67. The van der Waals surface area contributed by atoms with Crippen molar-refractivity contribution in [1.82, 2.24) is 0 Å². The molecule has 0 unspecified atom stereocenters. The minimum atomic E-state index is -0.895. The van der Waals surface area contributed by atoms with Gasteiger partial charge in [-0.1, -0.05) is 26.3 Å². The maximum Gasteiger partial charge on any atom is 0.333 e. The molecule has 0 aromatic carbocycles. The normalized spacial score (nSPS) is 10.8. The van der Waals surface area contributed by atoms with Crippen LogP contribution >= 0.6 is 0 Å². The molecule has 0 aliphatic heterocycles. The molecule has 0 bridgehead atoms. The van der Waals surface area contributed by atoms with Gasteiger partial charge in [0.25, 0.3) is 0 Å². The van der Waals surface area contributed by atoms with Gasteiger partial charge < -0.3 is 37.9 Å². The van der Waals surface area contributed by atoms with E-state index in [4.69, 9.17) is 37.9 Å². The predicted octanol–water partition coefficient (Wildman–Crippen LogP) is 2.52. The highest BCUT2D eigenvalue weighted by Gasteiger charge is 2.33. The first-order valence-corrected chi connectivity index (χ1v) is 12.9. The molecular formula is C29H44O12. The maximum absolute atomic E-state index is 11.6. The van der Waals surface area contributed by atoms with Crippen LogP contribution in [0, 0.1) is 5.41 Å². The van der Waals surface area contributed by atoms with Gasteiger partial charge in [0.2, 0.25) is 0 Å². The van der Waals surface area contributed by atoms with E-state index in [0.717, 1.165) is 0 Å². The lowest BCUT2D eigenvalue weighted by Crippen LogP contribution is -2.43. The van der Waals surface area contributed by atoms with Crippen LogP contribution in [-0.2, 0) is 57.1 Å². The number of hydrogen-bond acceptors (Lipinski definition) is 12. The summed E-state index contributed by atoms with van der Waals surface area (Å²) in [5.41, 5.74) is 0.166. The standard InChI is InChI=1S/C29H44O12/c1-21(2)25(30)38-13-9-34-17-29(18-35-10-14-39-26(31)22(3)4,19-36-11-15-40-27(32)23(5)6)20-37-12-16-41-28(33)24(7)8/h1,3,5,7,9-20H2,2,4,6,8H3. The predicted molar refractivity (Wildman–Crippen MR) is 149 cm³/mol. The summed E-state index contributed by atoms with van der Waals surface area (Å²) in [5.74, 6) is -2.14. The molecule has 0 saturated heterocycles. The topological polar surface area (TPSA) is 142 Å². The molecular weight excluding hydrogens is 540 g/mol. The van der Waals surface area contributed by atoms with Gasteiger partial charge in [-0.05, 0) is 27.7 Å². The van der Waals surface area contributed by atoms with E-state index in [2.05, 4.69) is 26.3 Å². The Labute approximate surface area is 242 Å². The minimum absolute atomic E-state index is 0.00505. The monoisotopic (exact) mass is 584 g/mol. The highest BCUT2D eigenvalue weighted by molar-refractivity contribution is 5.88. The molecule has 12 heteroatoms. The van der Waals surface area contributed by atoms with Gasteiger partial charge in [0.1, 0.15) is 26.4 Å². The Morgan fingerprint density at radius 1 is 0.415 bits per heavy atom. The van der Waals surface area contributed by atoms with Crippen LogP contribution in [0.4, 0.5) is 0 Å². The molecule has 0 aromatic heterocycles. The van der Waals surface area contributed by atoms with Crippen molar-refractivity contribution in [2.75, 3.05) is 79.3 Å². The molecule has 41 heavy (non-hydrogen) atoms. The SMILES string of the molecule is C=C(C)C(=O)OCCOCC(COCCOC(=O)C(=C)C)(COCCOC(=O)C(=C)C)COCCOC(=O)C(=C)C. The quantitative estimate of drug-likeness (QED) is 0.0712. The van der Waals surface area contributed by atoms with E-state index in [0.29, 0.717) is 0 Å². The van der Waals surface area contributed by atoms with E-state index in [-0.39, 0.29) is 102 Å². The number of hydrogen-bond donors (Lipinski definition) is 0. The molecule has 0 aliphatic carbocycles. The van der Waals surface area contributed by atoms with Crippen LogP contribution in [0.5, 0.6) is 0 Å². The first-order chi connectivity index (χ1) is 19.3. The lowest BCUT2D eigenvalue weighted by Gasteiger charge is -2.33. The Balaban J connectivity index is 5.28. The molecule has 0 N–H and O–H groups in total. The first-order valence-electron chi connectivity index (χ1n) is 12.9. The molecule has 0 heterocycles. The van der Waals surface area contributed by atoms with Crippen molar-refractivity contribution in [1.29, 1.82) is 0 Å². The number of rotatable bonds is 24. The average molecular weight is 585 g/mol. The number of carbonyl (C=O) groups is 4. The number of ether oxygens (including phenoxy) is 8. The molecule has 0 saturated carbocycles. The Kier molecular flexibility index (Phi) is 19.7. The van der Waals surface area contributed by atoms with Crippen LogP contribution < -0.4 is 0 Å². The molecule has 0 spiro atoms. The third-order valence-corrected chi connectivity index (χ3v) is 4.87. The molecule has 0 aliphatic rings. The summed E-state index contributed by atoms with van der Waals surface area (Å²) in [7, 11) is 0. The zero-order valence-corrected chi connectivity index (χ0v) is 24.7. The summed E-state index contributed by atoms with van der Waals surface area (Å²) in [6.45, 7) is 20.8. The summed E-state index contributed by atoms with van der Waals surface area (Å²) in [6, 6.07) is 0. The summed E-state index contributed by atoms with van der Waals surface area (Å²) in [6.07, 6.45) is 0. The van der Waals surface area contributed by atoms with Crippen LogP contribution in [0.3, 0.4) is 0 Å². The Morgan fingerprint density at radius 3 is 0.780 bits per heavy atom. The second-order valence-electron chi connectivity index (χ2n) is 9.38. The number of carbonyl (C=O) groups excluding carboxylic acids is 4. The van der Waals surface area contributed by atoms with Gasteiger partial charge in [0.15, 0.2) is 0 Å². The van der Waals surface area contributed by atoms with Gasteiger partial charge in [-0.3, -0.25) is 0 Å². The van der Waals surface area contributed by atoms with E-state index in [1.54, 1.807) is 0 Å². The molecule has 0 radical (unpaired) electrons. The van der Waals surface area contributed by atoms with Crippen LogP contribution in [-0.4, -0.2) is 103 Å². The summed E-state index contributed by atoms with van der Waals surface area (Å²) in [5, 5.41) is 0. The van der Waals surface area contributed by atoms with Gasteiger partial charge in [-0.15, -0.1) is 0 Å². The Morgan fingerprint density at radius 2 is 0.610 bits per heavy atom. The summed E-state index contributed by atoms with van der Waals surface area (Å²) < 4.78 is 43.3. The highest BCUT2D eigenvalue weighted by atomic mass is 16.6. The van der Waals surface area contributed by atoms with Crippen LogP contribution in [0.1, 0.15) is 27.7 Å². The average Bonchev–Trinajstić information content (AvgIpc) is 2.91. The second-order valence-corrected chi connectivity index (χ2v) is 9.38. The first kappa shape index (κ1) is 37.7. The van der Waals surface area contributed by atoms with Crippen molar-refractivity contribution >= 4 is 23.9 Å². The van der Waals surface area contributed by atoms with Gasteiger partial charge in [0.05, 0.1) is 58.3 Å². The second kappa shape index (κ2) is 21.4. The van der Waals surface area contributed by atoms with Crippen molar-refractivity contribution in [2.24, 2.45) is 5.41 Å². The molecule has 0 amide bonds. The molecule has 0 atom stereocenters. The summed E-state index contributed by atoms with van der Waals surface area (Å²) in [4.78, 5) is 46.5. The van der Waals surface area contributed by atoms with Crippen LogP contribution in [0.25, 0.3) is 0 Å². The largest absolute Gasteiger partial charge is 0.460 e. The smallest absolute Gasteiger partial charge is 0.333 e. The lowest BCUT2D eigenvalue weighted by molar-refractivity contribution is -0.147. The van der Waals surface area contributed by atoms with E-state index in [1.807, 2.05) is 0 Å². The van der Waals surface area contributed by atoms with E-state index < -0.39 is 29.3 Å². The zero-order chi connectivity index (χ0) is 31.3. The fourth-order valence-corrected chi connectivity index (χ4v) is 2.67. The highest BCUT2D eigenvalue weighted by Crippen LogP contribution is 2.21. The summed E-state index contributed by atoms with van der Waals surface area (Å²) >= 11 is 0. The van der Waals surface area contributed by atoms with Crippen LogP contribution in [0.2, 0.25) is 0 Å². The third kappa shape index (κ3) is 18.6. The third-order valence-electron chi connectivity index (χ3n) is 4.87. The molecule has 12 nitrogen and oxygen atoms in total. The maximum atomic E-state index is 11.6. The molecule has 0 fully saturated rings. The van der Waals surface area contributed by atoms with E-state index >= 15 is 0 Å². The molecule has 0 rings (SSSR count). The van der Waals surface area contributed by atoms with Gasteiger partial charge >= 0.3 is 23.9 Å². The lowest BCUT2D eigenvalue weighted by atomic mass is 9.92. The zero-order valence-electron chi connectivity index (χ0n) is 24.7. The van der Waals surface area contributed by atoms with E-state index in [9.17, 15) is 19.2 Å². The van der Waals surface area contributed by atoms with Crippen molar-refractivity contribution in [3.05, 3.63) is 48.6 Å². The molecule has 232 valence electrons. The fraction of sp³-hybridized carbons (Fsp3) is 0.586. The van der Waals surface area contributed by atoms with Crippen LogP contribution in [0.15, 0.2) is 48.6 Å². The van der Waals surface area contributed by atoms with Gasteiger partial charge in [-0.25, -0.2) is 19.2 Å². The van der Waals surface area contributed by atoms with E-state index in [1.165, 1.54) is 27.7 Å². The molecule has 0 aromatic rings. The van der Waals surface area contributed by atoms with Gasteiger partial charge in [0, 0.05) is 22.3 Å². The van der Waals surface area contributed by atoms with Crippen molar-refractivity contribution in [3.63, 3.8) is 0 Å². The number of esters is 4. The Bertz CT molecular complexity index is 771. The van der Waals surface area contributed by atoms with Gasteiger partial charge in [-0.2, -0.15) is 0 Å². The van der Waals surface area contributed by atoms with Crippen molar-refractivity contribution in [3.8, 4) is 0 Å².